The Labute approximate surface area is 217 Å². The van der Waals surface area contributed by atoms with Gasteiger partial charge in [-0.1, -0.05) is 37.4 Å². The van der Waals surface area contributed by atoms with Crippen LogP contribution in [0.2, 0.25) is 5.02 Å². The highest BCUT2D eigenvalue weighted by molar-refractivity contribution is 6.30. The molecule has 2 aliphatic carbocycles. The molecule has 1 aromatic carbocycles. The number of rotatable bonds is 8. The molecule has 9 heteroatoms. The molecule has 1 saturated heterocycles. The first-order valence-electron chi connectivity index (χ1n) is 13.1. The van der Waals surface area contributed by atoms with Crippen LogP contribution in [0.1, 0.15) is 73.8 Å². The Balaban J connectivity index is 1.34. The molecule has 0 spiro atoms. The number of aldehydes is 1. The van der Waals surface area contributed by atoms with Crippen molar-refractivity contribution in [3.63, 3.8) is 0 Å². The second-order valence-electron chi connectivity index (χ2n) is 10.5. The normalized spacial score (nSPS) is 24.6. The largest absolute Gasteiger partial charge is 0.387 e. The first-order valence-corrected chi connectivity index (χ1v) is 13.5. The number of halogens is 2. The van der Waals surface area contributed by atoms with E-state index in [1.807, 2.05) is 0 Å². The third-order valence-electron chi connectivity index (χ3n) is 8.19. The minimum absolute atomic E-state index is 0.0595. The molecule has 0 bridgehead atoms. The lowest BCUT2D eigenvalue weighted by atomic mass is 9.95. The minimum atomic E-state index is -0.532. The summed E-state index contributed by atoms with van der Waals surface area (Å²) in [5.74, 6) is 0.715. The molecule has 4 atom stereocenters. The molecular weight excluding hydrogens is 481 g/mol. The number of carbonyl (C=O) groups excluding carboxylic acids is 1. The number of hydrogen-bond acceptors (Lipinski definition) is 7. The van der Waals surface area contributed by atoms with Gasteiger partial charge in [-0.05, 0) is 55.3 Å². The maximum atomic E-state index is 14.3. The highest BCUT2D eigenvalue weighted by atomic mass is 35.5. The van der Waals surface area contributed by atoms with Crippen molar-refractivity contribution in [1.29, 1.82) is 0 Å². The molecule has 5 rings (SSSR count). The van der Waals surface area contributed by atoms with Crippen molar-refractivity contribution in [2.24, 2.45) is 5.92 Å². The maximum absolute atomic E-state index is 14.3. The summed E-state index contributed by atoms with van der Waals surface area (Å²) in [7, 11) is 0. The van der Waals surface area contributed by atoms with Gasteiger partial charge in [-0.2, -0.15) is 0 Å². The predicted molar refractivity (Wildman–Crippen MR) is 138 cm³/mol. The van der Waals surface area contributed by atoms with Crippen LogP contribution in [0.3, 0.4) is 0 Å². The smallest absolute Gasteiger partial charge is 0.142 e. The van der Waals surface area contributed by atoms with Crippen molar-refractivity contribution in [3.05, 3.63) is 52.2 Å². The number of nitrogens with zero attached hydrogens (tertiary/aromatic N) is 4. The predicted octanol–water partition coefficient (Wildman–Crippen LogP) is 4.02. The molecule has 7 nitrogen and oxygen atoms in total. The molecule has 2 unspecified atom stereocenters. The summed E-state index contributed by atoms with van der Waals surface area (Å²) in [5, 5.41) is 14.1. The lowest BCUT2D eigenvalue weighted by Crippen LogP contribution is -2.58. The molecule has 0 radical (unpaired) electrons. The monoisotopic (exact) mass is 515 g/mol. The molecular formula is C27H35ClFN5O2. The number of piperazine rings is 1. The van der Waals surface area contributed by atoms with Crippen LogP contribution in [0, 0.1) is 11.7 Å². The van der Waals surface area contributed by atoms with Crippen molar-refractivity contribution in [3.8, 4) is 0 Å². The Morgan fingerprint density at radius 1 is 1.22 bits per heavy atom. The third kappa shape index (κ3) is 5.14. The van der Waals surface area contributed by atoms with Gasteiger partial charge in [-0.3, -0.25) is 4.90 Å². The van der Waals surface area contributed by atoms with Crippen LogP contribution in [0.5, 0.6) is 0 Å². The fourth-order valence-corrected chi connectivity index (χ4v) is 6.32. The average Bonchev–Trinajstić information content (AvgIpc) is 3.51. The first kappa shape index (κ1) is 25.5. The number of nitrogens with one attached hydrogen (secondary N) is 1. The number of aliphatic hydroxyl groups is 1. The van der Waals surface area contributed by atoms with Crippen LogP contribution in [0.25, 0.3) is 0 Å². The molecule has 2 fully saturated rings. The SMILES string of the molecule is C[C@@H]1C[C@@H](O)c2ncnc(N3CCN(C(NCC4CCCC4)C(C=O)c4ccc(Cl)c(F)c4)CC3)c21. The zero-order chi connectivity index (χ0) is 25.2. The van der Waals surface area contributed by atoms with E-state index in [1.165, 1.54) is 37.8 Å². The summed E-state index contributed by atoms with van der Waals surface area (Å²) >= 11 is 5.92. The first-order chi connectivity index (χ1) is 17.5. The second kappa shape index (κ2) is 11.1. The molecule has 1 aliphatic heterocycles. The Hall–Kier alpha value is -2.13. The van der Waals surface area contributed by atoms with Gasteiger partial charge in [0.15, 0.2) is 0 Å². The van der Waals surface area contributed by atoms with E-state index < -0.39 is 17.8 Å². The standard InChI is InChI=1S/C27H35ClFN5O2/c1-17-12-23(36)25-24(17)27(32-16-31-25)34-10-8-33(9-11-34)26(30-14-18-4-2-3-5-18)20(15-35)19-6-7-21(28)22(29)13-19/h6-7,13,15-18,20,23,26,30,36H,2-5,8-12,14H2,1H3/t17-,20?,23-,26?/m1/s1. The van der Waals surface area contributed by atoms with Crippen LogP contribution in [-0.2, 0) is 4.79 Å². The van der Waals surface area contributed by atoms with Crippen LogP contribution in [0.4, 0.5) is 10.2 Å². The van der Waals surface area contributed by atoms with Crippen molar-refractivity contribution >= 4 is 23.7 Å². The third-order valence-corrected chi connectivity index (χ3v) is 8.50. The molecule has 36 heavy (non-hydrogen) atoms. The van der Waals surface area contributed by atoms with E-state index in [0.717, 1.165) is 56.1 Å². The number of hydrogen-bond donors (Lipinski definition) is 2. The molecule has 0 amide bonds. The van der Waals surface area contributed by atoms with E-state index in [1.54, 1.807) is 12.4 Å². The molecule has 2 heterocycles. The van der Waals surface area contributed by atoms with Gasteiger partial charge in [0.05, 0.1) is 28.9 Å². The van der Waals surface area contributed by atoms with Crippen LogP contribution in [-0.4, -0.2) is 65.2 Å². The number of fused-ring (bicyclic) bond motifs is 1. The Morgan fingerprint density at radius 3 is 2.67 bits per heavy atom. The fraction of sp³-hybridized carbons (Fsp3) is 0.593. The van der Waals surface area contributed by atoms with E-state index in [2.05, 4.69) is 32.0 Å². The van der Waals surface area contributed by atoms with Gasteiger partial charge in [0.2, 0.25) is 0 Å². The van der Waals surface area contributed by atoms with Gasteiger partial charge in [0.25, 0.3) is 0 Å². The number of carbonyl (C=O) groups is 1. The molecule has 1 aromatic heterocycles. The Bertz CT molecular complexity index is 1070. The zero-order valence-corrected chi connectivity index (χ0v) is 21.5. The number of anilines is 1. The van der Waals surface area contributed by atoms with E-state index >= 15 is 0 Å². The van der Waals surface area contributed by atoms with Crippen molar-refractivity contribution in [1.82, 2.24) is 20.2 Å². The lowest BCUT2D eigenvalue weighted by molar-refractivity contribution is -0.111. The molecule has 194 valence electrons. The molecule has 2 N–H and O–H groups in total. The zero-order valence-electron chi connectivity index (χ0n) is 20.7. The van der Waals surface area contributed by atoms with E-state index in [0.29, 0.717) is 17.9 Å². The molecule has 1 saturated carbocycles. The number of aromatic nitrogens is 2. The van der Waals surface area contributed by atoms with Crippen LogP contribution < -0.4 is 10.2 Å². The fourth-order valence-electron chi connectivity index (χ4n) is 6.21. The lowest BCUT2D eigenvalue weighted by Gasteiger charge is -2.42. The van der Waals surface area contributed by atoms with Crippen molar-refractivity contribution < 1.29 is 14.3 Å². The Morgan fingerprint density at radius 2 is 1.97 bits per heavy atom. The van der Waals surface area contributed by atoms with Gasteiger partial charge in [-0.15, -0.1) is 0 Å². The van der Waals surface area contributed by atoms with Crippen LogP contribution >= 0.6 is 11.6 Å². The van der Waals surface area contributed by atoms with Crippen molar-refractivity contribution in [2.45, 2.75) is 63.1 Å². The summed E-state index contributed by atoms with van der Waals surface area (Å²) in [6.07, 6.45) is 7.31. The molecule has 2 aromatic rings. The molecule has 3 aliphatic rings. The highest BCUT2D eigenvalue weighted by Crippen LogP contribution is 2.43. The van der Waals surface area contributed by atoms with Gasteiger partial charge >= 0.3 is 0 Å². The van der Waals surface area contributed by atoms with Gasteiger partial charge < -0.3 is 20.1 Å². The summed E-state index contributed by atoms with van der Waals surface area (Å²) in [6, 6.07) is 4.67. The highest BCUT2D eigenvalue weighted by Gasteiger charge is 2.36. The Kier molecular flexibility index (Phi) is 7.86. The van der Waals surface area contributed by atoms with Gasteiger partial charge in [0, 0.05) is 31.7 Å². The summed E-state index contributed by atoms with van der Waals surface area (Å²) in [4.78, 5) is 25.9. The van der Waals surface area contributed by atoms with E-state index in [4.69, 9.17) is 11.6 Å². The second-order valence-corrected chi connectivity index (χ2v) is 10.9. The number of aliphatic hydroxyl groups excluding tert-OH is 1. The maximum Gasteiger partial charge on any atom is 0.142 e. The van der Waals surface area contributed by atoms with Crippen molar-refractivity contribution in [2.75, 3.05) is 37.6 Å². The average molecular weight is 516 g/mol. The minimum Gasteiger partial charge on any atom is -0.387 e. The summed E-state index contributed by atoms with van der Waals surface area (Å²) in [5.41, 5.74) is 2.43. The summed E-state index contributed by atoms with van der Waals surface area (Å²) < 4.78 is 14.3. The van der Waals surface area contributed by atoms with E-state index in [-0.39, 0.29) is 17.1 Å². The topological polar surface area (TPSA) is 81.6 Å². The van der Waals surface area contributed by atoms with Gasteiger partial charge in [-0.25, -0.2) is 14.4 Å². The number of benzene rings is 1. The summed E-state index contributed by atoms with van der Waals surface area (Å²) in [6.45, 7) is 5.92. The quantitative estimate of drug-likeness (QED) is 0.514. The van der Waals surface area contributed by atoms with Crippen LogP contribution in [0.15, 0.2) is 24.5 Å². The van der Waals surface area contributed by atoms with E-state index in [9.17, 15) is 14.3 Å². The van der Waals surface area contributed by atoms with Gasteiger partial charge in [0.1, 0.15) is 24.2 Å².